The molecular weight excluding hydrogens is 248 g/mol. The number of carboxylic acid groups (broad SMARTS) is 1. The number of aromatic amines is 1. The van der Waals surface area contributed by atoms with Crippen molar-refractivity contribution in [1.29, 1.82) is 0 Å². The molecule has 0 unspecified atom stereocenters. The number of carboxylic acids is 1. The van der Waals surface area contributed by atoms with Gasteiger partial charge < -0.3 is 15.2 Å². The highest BCUT2D eigenvalue weighted by molar-refractivity contribution is 6.09. The molecule has 0 aliphatic carbocycles. The molecule has 0 fully saturated rings. The van der Waals surface area contributed by atoms with Gasteiger partial charge in [0.25, 0.3) is 0 Å². The van der Waals surface area contributed by atoms with Crippen molar-refractivity contribution in [2.45, 2.75) is 0 Å². The third-order valence-electron chi connectivity index (χ3n) is 2.42. The zero-order chi connectivity index (χ0) is 13.8. The summed E-state index contributed by atoms with van der Waals surface area (Å²) in [7, 11) is 0. The van der Waals surface area contributed by atoms with Crippen molar-refractivity contribution < 1.29 is 19.8 Å². The van der Waals surface area contributed by atoms with Gasteiger partial charge in [0.15, 0.2) is 5.78 Å². The number of H-pyrrole nitrogens is 1. The normalized spacial score (nSPS) is 10.7. The van der Waals surface area contributed by atoms with Gasteiger partial charge in [-0.15, -0.1) is 0 Å². The molecule has 2 aromatic rings. The van der Waals surface area contributed by atoms with Crippen molar-refractivity contribution in [2.75, 3.05) is 0 Å². The molecule has 0 amide bonds. The smallest absolute Gasteiger partial charge is 0.335 e. The summed E-state index contributed by atoms with van der Waals surface area (Å²) >= 11 is 0. The predicted octanol–water partition coefficient (Wildman–Crippen LogP) is 1.71. The van der Waals surface area contributed by atoms with Crippen LogP contribution in [0.4, 0.5) is 0 Å². The Labute approximate surface area is 108 Å². The van der Waals surface area contributed by atoms with E-state index in [-0.39, 0.29) is 16.9 Å². The molecule has 0 aliphatic heterocycles. The third-order valence-corrected chi connectivity index (χ3v) is 2.42. The summed E-state index contributed by atoms with van der Waals surface area (Å²) in [6.07, 6.45) is 5.79. The second-order valence-corrected chi connectivity index (χ2v) is 3.71. The van der Waals surface area contributed by atoms with Gasteiger partial charge in [0.1, 0.15) is 11.6 Å². The Balaban J connectivity index is 2.28. The van der Waals surface area contributed by atoms with E-state index in [0.29, 0.717) is 5.82 Å². The molecule has 3 N–H and O–H groups in total. The third kappa shape index (κ3) is 2.86. The van der Waals surface area contributed by atoms with Crippen LogP contribution in [-0.2, 0) is 0 Å². The molecular formula is C13H10N2O4. The van der Waals surface area contributed by atoms with Crippen LogP contribution < -0.4 is 0 Å². The van der Waals surface area contributed by atoms with E-state index in [9.17, 15) is 14.7 Å². The first-order valence-corrected chi connectivity index (χ1v) is 5.36. The lowest BCUT2D eigenvalue weighted by Gasteiger charge is -2.02. The van der Waals surface area contributed by atoms with E-state index >= 15 is 0 Å². The van der Waals surface area contributed by atoms with E-state index < -0.39 is 11.8 Å². The summed E-state index contributed by atoms with van der Waals surface area (Å²) in [5, 5.41) is 18.4. The number of nitrogens with one attached hydrogen (secondary N) is 1. The van der Waals surface area contributed by atoms with Crippen LogP contribution in [0.1, 0.15) is 26.5 Å². The van der Waals surface area contributed by atoms with Crippen molar-refractivity contribution in [3.8, 4) is 5.75 Å². The fraction of sp³-hybridized carbons (Fsp3) is 0. The summed E-state index contributed by atoms with van der Waals surface area (Å²) < 4.78 is 0. The Hall–Kier alpha value is -2.89. The fourth-order valence-electron chi connectivity index (χ4n) is 1.48. The Morgan fingerprint density at radius 3 is 2.74 bits per heavy atom. The molecule has 1 aromatic heterocycles. The maximum absolute atomic E-state index is 11.9. The SMILES string of the molecule is O=C(O)c1ccc(O)c(C(=O)C=Cc2ncc[nH]2)c1. The number of carbonyl (C=O) groups is 2. The standard InChI is InChI=1S/C13H10N2O4/c16-10-2-1-8(13(18)19)7-9(10)11(17)3-4-12-14-5-6-15-12/h1-7,16H,(H,14,15)(H,18,19). The largest absolute Gasteiger partial charge is 0.507 e. The molecule has 2 rings (SSSR count). The molecule has 1 aromatic carbocycles. The van der Waals surface area contributed by atoms with Crippen LogP contribution in [0.5, 0.6) is 5.75 Å². The van der Waals surface area contributed by atoms with Crippen LogP contribution in [0.25, 0.3) is 6.08 Å². The molecule has 0 saturated heterocycles. The lowest BCUT2D eigenvalue weighted by atomic mass is 10.1. The van der Waals surface area contributed by atoms with Crippen molar-refractivity contribution >= 4 is 17.8 Å². The van der Waals surface area contributed by atoms with Crippen LogP contribution in [0, 0.1) is 0 Å². The molecule has 0 aliphatic rings. The minimum atomic E-state index is -1.16. The number of aromatic hydroxyl groups is 1. The van der Waals surface area contributed by atoms with E-state index in [2.05, 4.69) is 9.97 Å². The number of phenols is 1. The van der Waals surface area contributed by atoms with Crippen molar-refractivity contribution in [1.82, 2.24) is 9.97 Å². The van der Waals surface area contributed by atoms with Crippen molar-refractivity contribution in [3.63, 3.8) is 0 Å². The number of ketones is 1. The van der Waals surface area contributed by atoms with Gasteiger partial charge in [-0.1, -0.05) is 0 Å². The molecule has 0 bridgehead atoms. The first-order valence-electron chi connectivity index (χ1n) is 5.36. The van der Waals surface area contributed by atoms with Crippen LogP contribution in [0.2, 0.25) is 0 Å². The van der Waals surface area contributed by atoms with Crippen molar-refractivity contribution in [2.24, 2.45) is 0 Å². The summed E-state index contributed by atoms with van der Waals surface area (Å²) in [4.78, 5) is 29.3. The highest BCUT2D eigenvalue weighted by atomic mass is 16.4. The Morgan fingerprint density at radius 1 is 1.32 bits per heavy atom. The lowest BCUT2D eigenvalue weighted by molar-refractivity contribution is 0.0697. The maximum atomic E-state index is 11.9. The highest BCUT2D eigenvalue weighted by Crippen LogP contribution is 2.19. The zero-order valence-corrected chi connectivity index (χ0v) is 9.70. The second kappa shape index (κ2) is 5.18. The van der Waals surface area contributed by atoms with Crippen LogP contribution in [0.15, 0.2) is 36.7 Å². The van der Waals surface area contributed by atoms with Gasteiger partial charge >= 0.3 is 5.97 Å². The molecule has 1 heterocycles. The number of nitrogens with zero attached hydrogens (tertiary/aromatic N) is 1. The lowest BCUT2D eigenvalue weighted by Crippen LogP contribution is -2.01. The van der Waals surface area contributed by atoms with Gasteiger partial charge in [0.2, 0.25) is 0 Å². The number of phenolic OH excluding ortho intramolecular Hbond substituents is 1. The van der Waals surface area contributed by atoms with Gasteiger partial charge in [-0.2, -0.15) is 0 Å². The number of rotatable bonds is 4. The van der Waals surface area contributed by atoms with Crippen molar-refractivity contribution in [3.05, 3.63) is 53.6 Å². The molecule has 6 nitrogen and oxygen atoms in total. The molecule has 0 spiro atoms. The number of hydrogen-bond donors (Lipinski definition) is 3. The first kappa shape index (κ1) is 12.6. The van der Waals surface area contributed by atoms with Gasteiger partial charge in [-0.25, -0.2) is 9.78 Å². The average molecular weight is 258 g/mol. The molecule has 0 atom stereocenters. The number of hydrogen-bond acceptors (Lipinski definition) is 4. The van der Waals surface area contributed by atoms with E-state index in [4.69, 9.17) is 5.11 Å². The predicted molar refractivity (Wildman–Crippen MR) is 67.0 cm³/mol. The Morgan fingerprint density at radius 2 is 2.11 bits per heavy atom. The monoisotopic (exact) mass is 258 g/mol. The zero-order valence-electron chi connectivity index (χ0n) is 9.70. The first-order chi connectivity index (χ1) is 9.08. The molecule has 0 radical (unpaired) electrons. The van der Waals surface area contributed by atoms with Crippen LogP contribution in [0.3, 0.4) is 0 Å². The number of imidazole rings is 1. The number of aromatic nitrogens is 2. The molecule has 96 valence electrons. The van der Waals surface area contributed by atoms with E-state index in [1.807, 2.05) is 0 Å². The quantitative estimate of drug-likeness (QED) is 0.572. The number of carbonyl (C=O) groups excluding carboxylic acids is 1. The Bertz CT molecular complexity index is 645. The molecule has 19 heavy (non-hydrogen) atoms. The van der Waals surface area contributed by atoms with Crippen LogP contribution in [-0.4, -0.2) is 31.9 Å². The average Bonchev–Trinajstić information content (AvgIpc) is 2.89. The van der Waals surface area contributed by atoms with E-state index in [1.165, 1.54) is 30.5 Å². The topological polar surface area (TPSA) is 103 Å². The second-order valence-electron chi connectivity index (χ2n) is 3.71. The summed E-state index contributed by atoms with van der Waals surface area (Å²) in [5.74, 6) is -1.44. The summed E-state index contributed by atoms with van der Waals surface area (Å²) in [6, 6.07) is 3.54. The van der Waals surface area contributed by atoms with Gasteiger partial charge in [0, 0.05) is 12.4 Å². The van der Waals surface area contributed by atoms with Gasteiger partial charge in [-0.05, 0) is 30.4 Å². The van der Waals surface area contributed by atoms with E-state index in [0.717, 1.165) is 6.07 Å². The summed E-state index contributed by atoms with van der Waals surface area (Å²) in [6.45, 7) is 0. The Kier molecular flexibility index (Phi) is 3.42. The van der Waals surface area contributed by atoms with Gasteiger partial charge in [-0.3, -0.25) is 4.79 Å². The number of aromatic carboxylic acids is 1. The number of benzene rings is 1. The van der Waals surface area contributed by atoms with Gasteiger partial charge in [0.05, 0.1) is 11.1 Å². The minimum Gasteiger partial charge on any atom is -0.507 e. The van der Waals surface area contributed by atoms with Crippen LogP contribution >= 0.6 is 0 Å². The highest BCUT2D eigenvalue weighted by Gasteiger charge is 2.12. The maximum Gasteiger partial charge on any atom is 0.335 e. The molecule has 6 heteroatoms. The number of allylic oxidation sites excluding steroid dienone is 1. The summed E-state index contributed by atoms with van der Waals surface area (Å²) in [5.41, 5.74) is -0.129. The van der Waals surface area contributed by atoms with E-state index in [1.54, 1.807) is 6.20 Å². The fourth-order valence-corrected chi connectivity index (χ4v) is 1.48. The molecule has 0 saturated carbocycles. The minimum absolute atomic E-state index is 0.0625.